The number of anilines is 1. The van der Waals surface area contributed by atoms with Crippen LogP contribution in [-0.4, -0.2) is 12.5 Å². The van der Waals surface area contributed by atoms with Crippen LogP contribution in [0.5, 0.6) is 0 Å². The van der Waals surface area contributed by atoms with Crippen LogP contribution in [0.1, 0.15) is 19.8 Å². The Labute approximate surface area is 107 Å². The summed E-state index contributed by atoms with van der Waals surface area (Å²) in [5, 5.41) is 2.09. The number of hydrogen-bond donors (Lipinski definition) is 3. The number of hydrogen-bond acceptors (Lipinski definition) is 2. The van der Waals surface area contributed by atoms with E-state index in [0.717, 1.165) is 12.8 Å². The summed E-state index contributed by atoms with van der Waals surface area (Å²) < 4.78 is 52.7. The highest BCUT2D eigenvalue weighted by Gasteiger charge is 2.19. The van der Waals surface area contributed by atoms with E-state index >= 15 is 0 Å². The summed E-state index contributed by atoms with van der Waals surface area (Å²) in [4.78, 5) is 3.86. The zero-order valence-corrected chi connectivity index (χ0v) is 10.2. The van der Waals surface area contributed by atoms with Crippen molar-refractivity contribution in [2.45, 2.75) is 19.8 Å². The molecular weight excluding hydrogens is 264 g/mol. The lowest BCUT2D eigenvalue weighted by molar-refractivity contribution is 0.459. The summed E-state index contributed by atoms with van der Waals surface area (Å²) in [5.74, 6) is -1.18. The lowest BCUT2D eigenvalue weighted by atomic mass is 10.2. The van der Waals surface area contributed by atoms with E-state index in [1.807, 2.05) is 6.92 Å². The maximum Gasteiger partial charge on any atom is 0.210 e. The van der Waals surface area contributed by atoms with Crippen molar-refractivity contribution < 1.29 is 17.6 Å². The molecule has 0 radical (unpaired) electrons. The summed E-state index contributed by atoms with van der Waals surface area (Å²) in [7, 11) is 0. The van der Waals surface area contributed by atoms with E-state index in [2.05, 4.69) is 15.7 Å². The summed E-state index contributed by atoms with van der Waals surface area (Å²) >= 11 is 0. The minimum absolute atomic E-state index is 0.125. The van der Waals surface area contributed by atoms with Crippen LogP contribution in [-0.2, 0) is 0 Å². The third kappa shape index (κ3) is 3.82. The fraction of sp³-hybridized carbons (Fsp3) is 0.364. The molecule has 0 aromatic heterocycles. The Bertz CT molecular complexity index is 450. The van der Waals surface area contributed by atoms with Crippen LogP contribution in [0, 0.1) is 23.3 Å². The maximum absolute atomic E-state index is 13.4. The zero-order valence-electron chi connectivity index (χ0n) is 10.2. The quantitative estimate of drug-likeness (QED) is 0.151. The van der Waals surface area contributed by atoms with Crippen LogP contribution < -0.4 is 16.6 Å². The number of nitrogens with one attached hydrogen (secondary N) is 2. The van der Waals surface area contributed by atoms with Gasteiger partial charge in [0.15, 0.2) is 23.3 Å². The van der Waals surface area contributed by atoms with Gasteiger partial charge in [-0.2, -0.15) is 0 Å². The number of aliphatic imine (C=N–C) groups is 1. The van der Waals surface area contributed by atoms with E-state index in [1.54, 1.807) is 0 Å². The molecule has 0 fully saturated rings. The van der Waals surface area contributed by atoms with Gasteiger partial charge < -0.3 is 5.32 Å². The Morgan fingerprint density at radius 2 is 1.79 bits per heavy atom. The number of hydrazine groups is 1. The second-order valence-electron chi connectivity index (χ2n) is 3.70. The minimum atomic E-state index is -1.54. The highest BCUT2D eigenvalue weighted by molar-refractivity contribution is 5.93. The van der Waals surface area contributed by atoms with Crippen molar-refractivity contribution in [3.63, 3.8) is 0 Å². The average Bonchev–Trinajstić information content (AvgIpc) is 2.39. The Kier molecular flexibility index (Phi) is 5.56. The van der Waals surface area contributed by atoms with Crippen molar-refractivity contribution >= 4 is 11.6 Å². The molecule has 0 aliphatic heterocycles. The molecule has 0 amide bonds. The summed E-state index contributed by atoms with van der Waals surface area (Å²) in [6, 6.07) is 0.125. The van der Waals surface area contributed by atoms with Gasteiger partial charge >= 0.3 is 0 Å². The summed E-state index contributed by atoms with van der Waals surface area (Å²) in [5.41, 5.74) is 1.08. The number of unbranched alkanes of at least 4 members (excludes halogenated alkanes) is 1. The highest BCUT2D eigenvalue weighted by atomic mass is 19.2. The second-order valence-corrected chi connectivity index (χ2v) is 3.70. The molecule has 0 bridgehead atoms. The van der Waals surface area contributed by atoms with Crippen LogP contribution >= 0.6 is 0 Å². The van der Waals surface area contributed by atoms with Gasteiger partial charge in [-0.15, -0.1) is 0 Å². The Morgan fingerprint density at radius 1 is 1.21 bits per heavy atom. The largest absolute Gasteiger partial charge is 0.320 e. The van der Waals surface area contributed by atoms with Crippen LogP contribution in [0.4, 0.5) is 23.2 Å². The van der Waals surface area contributed by atoms with Crippen molar-refractivity contribution in [2.75, 3.05) is 11.9 Å². The van der Waals surface area contributed by atoms with E-state index in [1.165, 1.54) is 0 Å². The first kappa shape index (κ1) is 15.2. The van der Waals surface area contributed by atoms with Crippen molar-refractivity contribution in [3.8, 4) is 0 Å². The van der Waals surface area contributed by atoms with Gasteiger partial charge in [0, 0.05) is 12.6 Å². The molecule has 4 nitrogen and oxygen atoms in total. The Balaban J connectivity index is 3.00. The molecule has 0 atom stereocenters. The maximum atomic E-state index is 13.4. The van der Waals surface area contributed by atoms with Gasteiger partial charge in [0.2, 0.25) is 5.96 Å². The first-order chi connectivity index (χ1) is 9.01. The van der Waals surface area contributed by atoms with Crippen molar-refractivity contribution in [1.82, 2.24) is 5.43 Å². The Morgan fingerprint density at radius 3 is 2.26 bits per heavy atom. The van der Waals surface area contributed by atoms with E-state index in [-0.39, 0.29) is 12.0 Å². The number of benzene rings is 1. The van der Waals surface area contributed by atoms with Gasteiger partial charge in [-0.25, -0.2) is 23.4 Å². The average molecular weight is 278 g/mol. The SMILES string of the molecule is CCCCN=C(NN)Nc1c(F)c(F)cc(F)c1F. The minimum Gasteiger partial charge on any atom is -0.320 e. The van der Waals surface area contributed by atoms with Crippen molar-refractivity contribution in [3.05, 3.63) is 29.3 Å². The normalized spacial score (nSPS) is 11.6. The third-order valence-electron chi connectivity index (χ3n) is 2.27. The molecule has 0 spiro atoms. The highest BCUT2D eigenvalue weighted by Crippen LogP contribution is 2.23. The van der Waals surface area contributed by atoms with Crippen LogP contribution in [0.25, 0.3) is 0 Å². The zero-order chi connectivity index (χ0) is 14.4. The molecule has 8 heteroatoms. The molecule has 106 valence electrons. The monoisotopic (exact) mass is 278 g/mol. The van der Waals surface area contributed by atoms with Gasteiger partial charge in [-0.05, 0) is 6.42 Å². The first-order valence-electron chi connectivity index (χ1n) is 5.62. The van der Waals surface area contributed by atoms with E-state index in [0.29, 0.717) is 6.54 Å². The molecule has 0 saturated heterocycles. The summed E-state index contributed by atoms with van der Waals surface area (Å²) in [6.07, 6.45) is 1.59. The van der Waals surface area contributed by atoms with Gasteiger partial charge in [0.05, 0.1) is 0 Å². The number of nitrogens with zero attached hydrogens (tertiary/aromatic N) is 1. The van der Waals surface area contributed by atoms with E-state index in [4.69, 9.17) is 5.84 Å². The second kappa shape index (κ2) is 6.93. The molecule has 4 N–H and O–H groups in total. The molecule has 1 aromatic carbocycles. The number of halogens is 4. The molecule has 0 aliphatic carbocycles. The smallest absolute Gasteiger partial charge is 0.210 e. The van der Waals surface area contributed by atoms with Gasteiger partial charge in [0.1, 0.15) is 5.69 Å². The molecule has 0 unspecified atom stereocenters. The third-order valence-corrected chi connectivity index (χ3v) is 2.27. The molecule has 0 saturated carbocycles. The van der Waals surface area contributed by atoms with Crippen LogP contribution in [0.3, 0.4) is 0 Å². The van der Waals surface area contributed by atoms with Crippen LogP contribution in [0.15, 0.2) is 11.1 Å². The molecule has 0 heterocycles. The lowest BCUT2D eigenvalue weighted by Crippen LogP contribution is -2.37. The standard InChI is InChI=1S/C11H14F4N4/c1-2-3-4-17-11(19-16)18-10-8(14)6(12)5-7(13)9(10)15/h5H,2-4,16H2,1H3,(H2,17,18,19). The molecular formula is C11H14F4N4. The van der Waals surface area contributed by atoms with Gasteiger partial charge in [-0.3, -0.25) is 10.4 Å². The lowest BCUT2D eigenvalue weighted by Gasteiger charge is -2.11. The van der Waals surface area contributed by atoms with Crippen LogP contribution in [0.2, 0.25) is 0 Å². The van der Waals surface area contributed by atoms with Crippen molar-refractivity contribution in [1.29, 1.82) is 0 Å². The van der Waals surface area contributed by atoms with Crippen molar-refractivity contribution in [2.24, 2.45) is 10.8 Å². The number of rotatable bonds is 4. The number of guanidine groups is 1. The molecule has 19 heavy (non-hydrogen) atoms. The topological polar surface area (TPSA) is 62.4 Å². The molecule has 1 aromatic rings. The fourth-order valence-electron chi connectivity index (χ4n) is 1.27. The van der Waals surface area contributed by atoms with E-state index < -0.39 is 29.0 Å². The predicted molar refractivity (Wildman–Crippen MR) is 64.4 cm³/mol. The Hall–Kier alpha value is -1.83. The van der Waals surface area contributed by atoms with Gasteiger partial charge in [0.25, 0.3) is 0 Å². The molecule has 0 aliphatic rings. The molecule has 1 rings (SSSR count). The number of nitrogens with two attached hydrogens (primary N) is 1. The predicted octanol–water partition coefficient (Wildman–Crippen LogP) is 2.27. The van der Waals surface area contributed by atoms with E-state index in [9.17, 15) is 17.6 Å². The summed E-state index contributed by atoms with van der Waals surface area (Å²) in [6.45, 7) is 2.28. The first-order valence-corrected chi connectivity index (χ1v) is 5.62. The van der Waals surface area contributed by atoms with Gasteiger partial charge in [-0.1, -0.05) is 13.3 Å². The fourth-order valence-corrected chi connectivity index (χ4v) is 1.27.